The second-order valence-corrected chi connectivity index (χ2v) is 6.28. The van der Waals surface area contributed by atoms with Gasteiger partial charge in [-0.1, -0.05) is 12.1 Å². The number of hydrogen-bond acceptors (Lipinski definition) is 5. The van der Waals surface area contributed by atoms with Crippen molar-refractivity contribution in [3.05, 3.63) is 66.1 Å². The van der Waals surface area contributed by atoms with Crippen molar-refractivity contribution in [1.82, 2.24) is 25.4 Å². The molecule has 3 aromatic rings. The predicted molar refractivity (Wildman–Crippen MR) is 112 cm³/mol. The summed E-state index contributed by atoms with van der Waals surface area (Å²) in [5, 5.41) is 10.7. The van der Waals surface area contributed by atoms with Gasteiger partial charge >= 0.3 is 0 Å². The van der Waals surface area contributed by atoms with E-state index in [4.69, 9.17) is 9.47 Å². The molecule has 1 aromatic carbocycles. The third kappa shape index (κ3) is 5.97. The van der Waals surface area contributed by atoms with Gasteiger partial charge in [-0.3, -0.25) is 4.68 Å². The van der Waals surface area contributed by atoms with Crippen LogP contribution < -0.4 is 20.1 Å². The molecule has 2 N–H and O–H groups in total. The molecule has 2 aromatic heterocycles. The maximum atomic E-state index is 5.77. The number of benzene rings is 1. The van der Waals surface area contributed by atoms with E-state index in [0.29, 0.717) is 24.7 Å². The first-order valence-electron chi connectivity index (χ1n) is 9.44. The van der Waals surface area contributed by atoms with Crippen molar-refractivity contribution in [2.24, 2.45) is 12.0 Å². The maximum Gasteiger partial charge on any atom is 0.219 e. The lowest BCUT2D eigenvalue weighted by atomic mass is 10.3. The van der Waals surface area contributed by atoms with E-state index in [1.54, 1.807) is 19.5 Å². The highest BCUT2D eigenvalue weighted by Crippen LogP contribution is 2.23. The lowest BCUT2D eigenvalue weighted by molar-refractivity contribution is 0.407. The summed E-state index contributed by atoms with van der Waals surface area (Å²) >= 11 is 0. The maximum absolute atomic E-state index is 5.77. The molecule has 0 atom stereocenters. The molecule has 8 nitrogen and oxygen atoms in total. The molecule has 3 rings (SSSR count). The van der Waals surface area contributed by atoms with Gasteiger partial charge in [-0.15, -0.1) is 0 Å². The molecule has 0 bridgehead atoms. The highest BCUT2D eigenvalue weighted by atomic mass is 16.5. The quantitative estimate of drug-likeness (QED) is 0.451. The molecular formula is C21H26N6O2. The van der Waals surface area contributed by atoms with Crippen molar-refractivity contribution in [1.29, 1.82) is 0 Å². The summed E-state index contributed by atoms with van der Waals surface area (Å²) in [6.45, 7) is 3.97. The minimum absolute atomic E-state index is 0.507. The topological polar surface area (TPSA) is 85.6 Å². The normalized spacial score (nSPS) is 11.2. The van der Waals surface area contributed by atoms with Crippen LogP contribution in [0.5, 0.6) is 17.4 Å². The number of ether oxygens (including phenoxy) is 2. The zero-order valence-electron chi connectivity index (χ0n) is 16.9. The van der Waals surface area contributed by atoms with Gasteiger partial charge in [0.1, 0.15) is 11.5 Å². The smallest absolute Gasteiger partial charge is 0.219 e. The molecule has 0 fully saturated rings. The van der Waals surface area contributed by atoms with Crippen LogP contribution in [0.15, 0.2) is 59.9 Å². The van der Waals surface area contributed by atoms with Gasteiger partial charge in [0.2, 0.25) is 5.88 Å². The van der Waals surface area contributed by atoms with Crippen LogP contribution in [0.25, 0.3) is 0 Å². The van der Waals surface area contributed by atoms with Crippen molar-refractivity contribution in [2.75, 3.05) is 13.7 Å². The van der Waals surface area contributed by atoms with Gasteiger partial charge in [0.25, 0.3) is 0 Å². The van der Waals surface area contributed by atoms with E-state index in [1.165, 1.54) is 0 Å². The molecular weight excluding hydrogens is 368 g/mol. The van der Waals surface area contributed by atoms with Crippen molar-refractivity contribution >= 4 is 5.96 Å². The standard InChI is InChI=1S/C21H26N6O2/c1-4-22-21(25-15-17-10-11-26-27(17)2)24-14-16-8-9-20(23-13-16)29-19-7-5-6-18(12-19)28-3/h5-13H,4,14-15H2,1-3H3,(H2,22,24,25). The van der Waals surface area contributed by atoms with Gasteiger partial charge in [-0.2, -0.15) is 5.10 Å². The molecule has 0 unspecified atom stereocenters. The number of aromatic nitrogens is 3. The molecule has 0 saturated heterocycles. The summed E-state index contributed by atoms with van der Waals surface area (Å²) in [6, 6.07) is 13.2. The first-order valence-corrected chi connectivity index (χ1v) is 9.44. The van der Waals surface area contributed by atoms with Gasteiger partial charge in [0.15, 0.2) is 5.96 Å². The number of hydrogen-bond donors (Lipinski definition) is 2. The molecule has 0 radical (unpaired) electrons. The van der Waals surface area contributed by atoms with E-state index in [9.17, 15) is 0 Å². The Morgan fingerprint density at radius 3 is 2.69 bits per heavy atom. The van der Waals surface area contributed by atoms with Crippen molar-refractivity contribution < 1.29 is 9.47 Å². The van der Waals surface area contributed by atoms with E-state index in [-0.39, 0.29) is 0 Å². The van der Waals surface area contributed by atoms with Crippen LogP contribution in [0.2, 0.25) is 0 Å². The fourth-order valence-corrected chi connectivity index (χ4v) is 2.61. The largest absolute Gasteiger partial charge is 0.497 e. The first kappa shape index (κ1) is 20.2. The van der Waals surface area contributed by atoms with E-state index in [2.05, 4.69) is 25.7 Å². The Balaban J connectivity index is 1.58. The molecule has 2 heterocycles. The van der Waals surface area contributed by atoms with Gasteiger partial charge in [-0.25, -0.2) is 9.98 Å². The number of guanidine groups is 1. The Morgan fingerprint density at radius 2 is 2.00 bits per heavy atom. The zero-order chi connectivity index (χ0) is 20.5. The summed E-state index contributed by atoms with van der Waals surface area (Å²) in [7, 11) is 3.54. The van der Waals surface area contributed by atoms with Gasteiger partial charge in [0, 0.05) is 38.1 Å². The van der Waals surface area contributed by atoms with E-state index >= 15 is 0 Å². The second-order valence-electron chi connectivity index (χ2n) is 6.28. The monoisotopic (exact) mass is 394 g/mol. The molecule has 152 valence electrons. The number of nitrogens with one attached hydrogen (secondary N) is 2. The molecule has 29 heavy (non-hydrogen) atoms. The van der Waals surface area contributed by atoms with Crippen LogP contribution in [0, 0.1) is 0 Å². The van der Waals surface area contributed by atoms with Crippen molar-refractivity contribution in [3.63, 3.8) is 0 Å². The number of aryl methyl sites for hydroxylation is 1. The molecule has 8 heteroatoms. The molecule has 0 saturated carbocycles. The van der Waals surface area contributed by atoms with Crippen molar-refractivity contribution in [3.8, 4) is 17.4 Å². The Labute approximate surface area is 170 Å². The number of methoxy groups -OCH3 is 1. The number of rotatable bonds is 8. The third-order valence-electron chi connectivity index (χ3n) is 4.18. The Bertz CT molecular complexity index is 936. The first-order chi connectivity index (χ1) is 14.2. The summed E-state index contributed by atoms with van der Waals surface area (Å²) in [5.41, 5.74) is 2.07. The van der Waals surface area contributed by atoms with E-state index in [1.807, 2.05) is 61.1 Å². The van der Waals surface area contributed by atoms with Crippen LogP contribution in [-0.4, -0.2) is 34.4 Å². The average Bonchev–Trinajstić information content (AvgIpc) is 3.16. The van der Waals surface area contributed by atoms with Crippen LogP contribution >= 0.6 is 0 Å². The minimum atomic E-state index is 0.507. The molecule has 0 spiro atoms. The highest BCUT2D eigenvalue weighted by molar-refractivity contribution is 5.79. The molecule has 0 amide bonds. The SMILES string of the molecule is CCNC(=NCc1ccc(Oc2cccc(OC)c2)nc1)NCc1ccnn1C. The molecule has 0 aliphatic carbocycles. The number of aliphatic imine (C=N–C) groups is 1. The number of pyridine rings is 1. The summed E-state index contributed by atoms with van der Waals surface area (Å²) in [6.07, 6.45) is 3.55. The van der Waals surface area contributed by atoms with Crippen LogP contribution in [0.3, 0.4) is 0 Å². The number of nitrogens with zero attached hydrogens (tertiary/aromatic N) is 4. The van der Waals surface area contributed by atoms with Crippen LogP contribution in [0.4, 0.5) is 0 Å². The van der Waals surface area contributed by atoms with Gasteiger partial charge in [-0.05, 0) is 30.7 Å². The average molecular weight is 394 g/mol. The Morgan fingerprint density at radius 1 is 1.14 bits per heavy atom. The lowest BCUT2D eigenvalue weighted by Gasteiger charge is -2.11. The summed E-state index contributed by atoms with van der Waals surface area (Å²) in [5.74, 6) is 2.68. The van der Waals surface area contributed by atoms with Crippen LogP contribution in [-0.2, 0) is 20.1 Å². The molecule has 0 aliphatic rings. The Kier molecular flexibility index (Phi) is 7.05. The van der Waals surface area contributed by atoms with Crippen molar-refractivity contribution in [2.45, 2.75) is 20.0 Å². The highest BCUT2D eigenvalue weighted by Gasteiger charge is 2.03. The van der Waals surface area contributed by atoms with Gasteiger partial charge in [0.05, 0.1) is 25.9 Å². The Hall–Kier alpha value is -3.55. The van der Waals surface area contributed by atoms with Gasteiger partial charge < -0.3 is 20.1 Å². The second kappa shape index (κ2) is 10.1. The summed E-state index contributed by atoms with van der Waals surface area (Å²) < 4.78 is 12.8. The fraction of sp³-hybridized carbons (Fsp3) is 0.286. The predicted octanol–water partition coefficient (Wildman–Crippen LogP) is 2.87. The molecule has 0 aliphatic heterocycles. The fourth-order valence-electron chi connectivity index (χ4n) is 2.61. The lowest BCUT2D eigenvalue weighted by Crippen LogP contribution is -2.37. The van der Waals surface area contributed by atoms with E-state index < -0.39 is 0 Å². The zero-order valence-corrected chi connectivity index (χ0v) is 16.9. The minimum Gasteiger partial charge on any atom is -0.497 e. The summed E-state index contributed by atoms with van der Waals surface area (Å²) in [4.78, 5) is 8.98. The van der Waals surface area contributed by atoms with Crippen LogP contribution in [0.1, 0.15) is 18.2 Å². The third-order valence-corrected chi connectivity index (χ3v) is 4.18. The van der Waals surface area contributed by atoms with E-state index in [0.717, 1.165) is 29.5 Å².